The molecule has 1 amide bonds. The van der Waals surface area contributed by atoms with E-state index in [0.717, 1.165) is 17.7 Å². The maximum absolute atomic E-state index is 13.0. The van der Waals surface area contributed by atoms with E-state index >= 15 is 0 Å². The molecule has 8 nitrogen and oxygen atoms in total. The normalized spacial score (nSPS) is 16.8. The van der Waals surface area contributed by atoms with Crippen LogP contribution in [0.3, 0.4) is 0 Å². The number of nitrogens with zero attached hydrogens (tertiary/aromatic N) is 5. The largest absolute Gasteiger partial charge is 0.336 e. The molecule has 0 aliphatic carbocycles. The van der Waals surface area contributed by atoms with Crippen LogP contribution in [0.2, 0.25) is 0 Å². The van der Waals surface area contributed by atoms with Crippen LogP contribution in [-0.2, 0) is 0 Å². The Morgan fingerprint density at radius 2 is 2.03 bits per heavy atom. The molecule has 2 aromatic heterocycles. The topological polar surface area (TPSA) is 98.0 Å². The number of piperazine rings is 1. The Morgan fingerprint density at radius 1 is 1.23 bits per heavy atom. The van der Waals surface area contributed by atoms with Crippen molar-refractivity contribution in [3.05, 3.63) is 69.8 Å². The number of aryl methyl sites for hydroxylation is 1. The van der Waals surface area contributed by atoms with E-state index in [1.807, 2.05) is 11.8 Å². The highest BCUT2D eigenvalue weighted by Gasteiger charge is 2.25. The van der Waals surface area contributed by atoms with E-state index in [0.29, 0.717) is 41.6 Å². The SMILES string of the molecule is Cc1cc(C#N)ccc1-c1c[nH]n(-c2ccc(C(=O)N3CCN(C)[C@@H](C)C3)cn2)c1=O. The van der Waals surface area contributed by atoms with Crippen LogP contribution in [0.25, 0.3) is 16.9 Å². The molecule has 1 aromatic carbocycles. The van der Waals surface area contributed by atoms with Crippen molar-refractivity contribution in [2.45, 2.75) is 19.9 Å². The van der Waals surface area contributed by atoms with E-state index in [4.69, 9.17) is 5.26 Å². The molecule has 4 rings (SSSR count). The van der Waals surface area contributed by atoms with Crippen LogP contribution in [0.5, 0.6) is 0 Å². The number of likely N-dealkylation sites (N-methyl/N-ethyl adjacent to an activating group) is 1. The van der Waals surface area contributed by atoms with Gasteiger partial charge in [-0.05, 0) is 56.3 Å². The van der Waals surface area contributed by atoms with Crippen molar-refractivity contribution in [1.82, 2.24) is 24.6 Å². The zero-order valence-corrected chi connectivity index (χ0v) is 17.8. The van der Waals surface area contributed by atoms with E-state index < -0.39 is 0 Å². The summed E-state index contributed by atoms with van der Waals surface area (Å²) in [5.74, 6) is 0.359. The van der Waals surface area contributed by atoms with Crippen molar-refractivity contribution in [2.24, 2.45) is 0 Å². The Balaban J connectivity index is 1.57. The summed E-state index contributed by atoms with van der Waals surface area (Å²) in [5, 5.41) is 12.0. The number of carbonyl (C=O) groups is 1. The minimum atomic E-state index is -0.243. The van der Waals surface area contributed by atoms with Crippen molar-refractivity contribution in [3.8, 4) is 23.0 Å². The zero-order chi connectivity index (χ0) is 22.1. The van der Waals surface area contributed by atoms with Crippen LogP contribution in [0.15, 0.2) is 47.5 Å². The summed E-state index contributed by atoms with van der Waals surface area (Å²) < 4.78 is 1.35. The van der Waals surface area contributed by atoms with E-state index in [2.05, 4.69) is 35.0 Å². The Kier molecular flexibility index (Phi) is 5.44. The van der Waals surface area contributed by atoms with Gasteiger partial charge in [0.1, 0.15) is 0 Å². The number of pyridine rings is 1. The molecule has 1 saturated heterocycles. The zero-order valence-electron chi connectivity index (χ0n) is 17.8. The molecule has 0 radical (unpaired) electrons. The number of aromatic amines is 1. The molecule has 1 atom stereocenters. The minimum Gasteiger partial charge on any atom is -0.336 e. The van der Waals surface area contributed by atoms with Gasteiger partial charge in [0.25, 0.3) is 11.5 Å². The molecule has 1 N–H and O–H groups in total. The second kappa shape index (κ2) is 8.20. The Bertz CT molecular complexity index is 1220. The maximum atomic E-state index is 13.0. The van der Waals surface area contributed by atoms with E-state index in [1.165, 1.54) is 10.9 Å². The number of nitriles is 1. The second-order valence-corrected chi connectivity index (χ2v) is 7.96. The first-order valence-electron chi connectivity index (χ1n) is 10.2. The van der Waals surface area contributed by atoms with Crippen LogP contribution < -0.4 is 5.56 Å². The van der Waals surface area contributed by atoms with Gasteiger partial charge in [-0.3, -0.25) is 14.7 Å². The van der Waals surface area contributed by atoms with Crippen LogP contribution in [0.4, 0.5) is 0 Å². The molecular weight excluding hydrogens is 392 g/mol. The molecule has 3 aromatic rings. The number of H-pyrrole nitrogens is 1. The van der Waals surface area contributed by atoms with Crippen LogP contribution in [0.1, 0.15) is 28.4 Å². The predicted molar refractivity (Wildman–Crippen MR) is 117 cm³/mol. The molecule has 8 heteroatoms. The summed E-state index contributed by atoms with van der Waals surface area (Å²) >= 11 is 0. The van der Waals surface area contributed by atoms with Gasteiger partial charge in [-0.25, -0.2) is 9.67 Å². The predicted octanol–water partition coefficient (Wildman–Crippen LogP) is 2.18. The van der Waals surface area contributed by atoms with E-state index in [-0.39, 0.29) is 11.5 Å². The number of nitrogens with one attached hydrogen (secondary N) is 1. The smallest absolute Gasteiger partial charge is 0.280 e. The average molecular weight is 416 g/mol. The molecule has 0 bridgehead atoms. The third-order valence-corrected chi connectivity index (χ3v) is 5.89. The molecule has 158 valence electrons. The number of rotatable bonds is 3. The van der Waals surface area contributed by atoms with Gasteiger partial charge in [0.05, 0.1) is 22.8 Å². The fourth-order valence-electron chi connectivity index (χ4n) is 3.83. The van der Waals surface area contributed by atoms with Gasteiger partial charge in [0.15, 0.2) is 5.82 Å². The number of carbonyl (C=O) groups excluding carboxylic acids is 1. The van der Waals surface area contributed by atoms with Gasteiger partial charge < -0.3 is 9.80 Å². The highest BCUT2D eigenvalue weighted by Crippen LogP contribution is 2.21. The lowest BCUT2D eigenvalue weighted by atomic mass is 10.0. The monoisotopic (exact) mass is 416 g/mol. The van der Waals surface area contributed by atoms with Crippen molar-refractivity contribution < 1.29 is 4.79 Å². The molecule has 1 aliphatic rings. The lowest BCUT2D eigenvalue weighted by molar-refractivity contribution is 0.0572. The summed E-state index contributed by atoms with van der Waals surface area (Å²) in [7, 11) is 2.06. The van der Waals surface area contributed by atoms with Gasteiger partial charge in [-0.15, -0.1) is 0 Å². The van der Waals surface area contributed by atoms with Gasteiger partial charge >= 0.3 is 0 Å². The van der Waals surface area contributed by atoms with Crippen LogP contribution >= 0.6 is 0 Å². The first kappa shape index (κ1) is 20.6. The fourth-order valence-corrected chi connectivity index (χ4v) is 3.83. The molecule has 0 saturated carbocycles. The molecular formula is C23H24N6O2. The second-order valence-electron chi connectivity index (χ2n) is 7.96. The third kappa shape index (κ3) is 3.88. The number of hydrogen-bond acceptors (Lipinski definition) is 5. The quantitative estimate of drug-likeness (QED) is 0.706. The lowest BCUT2D eigenvalue weighted by Gasteiger charge is -2.37. The first-order valence-corrected chi connectivity index (χ1v) is 10.2. The fraction of sp³-hybridized carbons (Fsp3) is 0.304. The molecule has 31 heavy (non-hydrogen) atoms. The highest BCUT2D eigenvalue weighted by molar-refractivity contribution is 5.94. The maximum Gasteiger partial charge on any atom is 0.280 e. The number of aromatic nitrogens is 3. The lowest BCUT2D eigenvalue weighted by Crippen LogP contribution is -2.52. The van der Waals surface area contributed by atoms with Crippen molar-refractivity contribution in [1.29, 1.82) is 5.26 Å². The van der Waals surface area contributed by atoms with E-state index in [1.54, 1.807) is 36.5 Å². The summed E-state index contributed by atoms with van der Waals surface area (Å²) in [5.41, 5.74) is 2.91. The minimum absolute atomic E-state index is 0.0493. The van der Waals surface area contributed by atoms with Crippen LogP contribution in [0, 0.1) is 18.3 Å². The molecule has 1 fully saturated rings. The Labute approximate surface area is 180 Å². The first-order chi connectivity index (χ1) is 14.9. The Hall–Kier alpha value is -3.70. The van der Waals surface area contributed by atoms with Crippen LogP contribution in [-0.4, -0.2) is 63.2 Å². The Morgan fingerprint density at radius 3 is 2.68 bits per heavy atom. The molecule has 0 spiro atoms. The van der Waals surface area contributed by atoms with Crippen molar-refractivity contribution in [2.75, 3.05) is 26.7 Å². The molecule has 1 aliphatic heterocycles. The number of benzene rings is 1. The molecule has 3 heterocycles. The van der Waals surface area contributed by atoms with Gasteiger partial charge in [-0.2, -0.15) is 5.26 Å². The number of hydrogen-bond donors (Lipinski definition) is 1. The average Bonchev–Trinajstić information content (AvgIpc) is 3.16. The number of amides is 1. The molecule has 0 unspecified atom stereocenters. The van der Waals surface area contributed by atoms with Crippen molar-refractivity contribution >= 4 is 5.91 Å². The van der Waals surface area contributed by atoms with Crippen molar-refractivity contribution in [3.63, 3.8) is 0 Å². The third-order valence-electron chi connectivity index (χ3n) is 5.89. The van der Waals surface area contributed by atoms with Gasteiger partial charge in [0, 0.05) is 38.1 Å². The summed E-state index contributed by atoms with van der Waals surface area (Å²) in [4.78, 5) is 34.2. The summed E-state index contributed by atoms with van der Waals surface area (Å²) in [6, 6.07) is 11.0. The van der Waals surface area contributed by atoms with Gasteiger partial charge in [-0.1, -0.05) is 6.07 Å². The standard InChI is InChI=1S/C23H24N6O2/c1-15-10-17(11-24)4-6-19(15)20-13-26-29(23(20)31)21-7-5-18(12-25-21)22(30)28-9-8-27(3)16(2)14-28/h4-7,10,12-13,16,26H,8-9,14H2,1-3H3/t16-/m0/s1. The highest BCUT2D eigenvalue weighted by atomic mass is 16.2. The summed E-state index contributed by atoms with van der Waals surface area (Å²) in [6.45, 7) is 6.18. The van der Waals surface area contributed by atoms with Gasteiger partial charge in [0.2, 0.25) is 0 Å². The van der Waals surface area contributed by atoms with E-state index in [9.17, 15) is 9.59 Å². The summed E-state index contributed by atoms with van der Waals surface area (Å²) in [6.07, 6.45) is 3.14.